The van der Waals surface area contributed by atoms with Gasteiger partial charge in [0.25, 0.3) is 5.91 Å². The Hall–Kier alpha value is -2.04. The van der Waals surface area contributed by atoms with Crippen molar-refractivity contribution in [1.82, 2.24) is 5.32 Å². The molecule has 0 fully saturated rings. The van der Waals surface area contributed by atoms with E-state index in [4.69, 9.17) is 10.9 Å². The summed E-state index contributed by atoms with van der Waals surface area (Å²) in [5.74, 6) is -0.253. The normalized spacial score (nSPS) is 13.2. The van der Waals surface area contributed by atoms with E-state index in [0.717, 1.165) is 11.1 Å². The summed E-state index contributed by atoms with van der Waals surface area (Å²) >= 11 is 0. The van der Waals surface area contributed by atoms with Crippen LogP contribution in [0, 0.1) is 19.8 Å². The summed E-state index contributed by atoms with van der Waals surface area (Å²) in [4.78, 5) is 11.9. The van der Waals surface area contributed by atoms with Gasteiger partial charge in [-0.15, -0.1) is 0 Å². The standard InChI is InChI=1S/C13H19N3O2/c1-8-4-5-11(6-9(8)2)13(17)15-7-10(3)12(14)16-18/h4-6,10,18H,7H2,1-3H3,(H2,14,16)(H,15,17). The molecule has 0 spiro atoms. The monoisotopic (exact) mass is 249 g/mol. The first-order valence-corrected chi connectivity index (χ1v) is 5.78. The Kier molecular flexibility index (Phi) is 4.71. The highest BCUT2D eigenvalue weighted by Gasteiger charge is 2.11. The third-order valence-corrected chi connectivity index (χ3v) is 2.96. The summed E-state index contributed by atoms with van der Waals surface area (Å²) in [6.45, 7) is 6.07. The number of aryl methyl sites for hydroxylation is 2. The minimum Gasteiger partial charge on any atom is -0.409 e. The van der Waals surface area contributed by atoms with E-state index in [9.17, 15) is 4.79 Å². The lowest BCUT2D eigenvalue weighted by molar-refractivity contribution is 0.0951. The molecule has 5 heteroatoms. The molecule has 1 aromatic carbocycles. The number of amides is 1. The van der Waals surface area contributed by atoms with E-state index < -0.39 is 0 Å². The quantitative estimate of drug-likeness (QED) is 0.326. The molecular weight excluding hydrogens is 230 g/mol. The van der Waals surface area contributed by atoms with Gasteiger partial charge in [-0.2, -0.15) is 0 Å². The van der Waals surface area contributed by atoms with E-state index in [-0.39, 0.29) is 17.7 Å². The van der Waals surface area contributed by atoms with E-state index in [1.54, 1.807) is 13.0 Å². The van der Waals surface area contributed by atoms with Gasteiger partial charge >= 0.3 is 0 Å². The Morgan fingerprint density at radius 3 is 2.67 bits per heavy atom. The van der Waals surface area contributed by atoms with Gasteiger partial charge in [0.2, 0.25) is 0 Å². The highest BCUT2D eigenvalue weighted by molar-refractivity contribution is 5.94. The van der Waals surface area contributed by atoms with Gasteiger partial charge in [0.05, 0.1) is 0 Å². The second-order valence-electron chi connectivity index (χ2n) is 4.43. The second-order valence-corrected chi connectivity index (χ2v) is 4.43. The van der Waals surface area contributed by atoms with Crippen molar-refractivity contribution < 1.29 is 10.0 Å². The molecule has 0 bridgehead atoms. The first-order valence-electron chi connectivity index (χ1n) is 5.78. The number of benzene rings is 1. The molecule has 0 aliphatic rings. The largest absolute Gasteiger partial charge is 0.409 e. The molecule has 1 unspecified atom stereocenters. The fourth-order valence-electron chi connectivity index (χ4n) is 1.43. The summed E-state index contributed by atoms with van der Waals surface area (Å²) in [6.07, 6.45) is 0. The van der Waals surface area contributed by atoms with Crippen LogP contribution in [0.15, 0.2) is 23.4 Å². The van der Waals surface area contributed by atoms with Crippen LogP contribution in [0.1, 0.15) is 28.4 Å². The molecule has 1 rings (SSSR count). The van der Waals surface area contributed by atoms with E-state index >= 15 is 0 Å². The molecular formula is C13H19N3O2. The Morgan fingerprint density at radius 1 is 1.44 bits per heavy atom. The zero-order chi connectivity index (χ0) is 13.7. The van der Waals surface area contributed by atoms with Crippen LogP contribution in [-0.2, 0) is 0 Å². The fourth-order valence-corrected chi connectivity index (χ4v) is 1.43. The van der Waals surface area contributed by atoms with Gasteiger partial charge in [-0.05, 0) is 37.1 Å². The van der Waals surface area contributed by atoms with Crippen LogP contribution in [-0.4, -0.2) is 23.5 Å². The second kappa shape index (κ2) is 6.05. The number of amidine groups is 1. The number of hydrogen-bond donors (Lipinski definition) is 3. The summed E-state index contributed by atoms with van der Waals surface area (Å²) in [5, 5.41) is 14.2. The number of carbonyl (C=O) groups is 1. The molecule has 0 aromatic heterocycles. The van der Waals surface area contributed by atoms with E-state index in [1.165, 1.54) is 0 Å². The molecule has 0 heterocycles. The maximum absolute atomic E-state index is 11.9. The van der Waals surface area contributed by atoms with Gasteiger partial charge in [0, 0.05) is 18.0 Å². The summed E-state index contributed by atoms with van der Waals surface area (Å²) in [7, 11) is 0. The van der Waals surface area contributed by atoms with Crippen LogP contribution in [0.2, 0.25) is 0 Å². The van der Waals surface area contributed by atoms with Crippen molar-refractivity contribution in [3.63, 3.8) is 0 Å². The predicted molar refractivity (Wildman–Crippen MR) is 70.8 cm³/mol. The number of nitrogens with two attached hydrogens (primary N) is 1. The van der Waals surface area contributed by atoms with Gasteiger partial charge in [0.1, 0.15) is 5.84 Å². The Labute approximate surface area is 107 Å². The van der Waals surface area contributed by atoms with E-state index in [0.29, 0.717) is 12.1 Å². The SMILES string of the molecule is Cc1ccc(C(=O)NCC(C)C(N)=NO)cc1C. The lowest BCUT2D eigenvalue weighted by Crippen LogP contribution is -2.34. The van der Waals surface area contributed by atoms with Crippen molar-refractivity contribution in [2.75, 3.05) is 6.54 Å². The molecule has 1 amide bonds. The van der Waals surface area contributed by atoms with Crippen LogP contribution in [0.4, 0.5) is 0 Å². The van der Waals surface area contributed by atoms with Crippen molar-refractivity contribution in [2.45, 2.75) is 20.8 Å². The maximum atomic E-state index is 11.9. The highest BCUT2D eigenvalue weighted by atomic mass is 16.4. The van der Waals surface area contributed by atoms with Crippen LogP contribution >= 0.6 is 0 Å². The van der Waals surface area contributed by atoms with Crippen LogP contribution in [0.25, 0.3) is 0 Å². The predicted octanol–water partition coefficient (Wildman–Crippen LogP) is 1.42. The van der Waals surface area contributed by atoms with E-state index in [2.05, 4.69) is 10.5 Å². The molecule has 0 aliphatic heterocycles. The molecule has 0 radical (unpaired) electrons. The van der Waals surface area contributed by atoms with Crippen LogP contribution in [0.3, 0.4) is 0 Å². The smallest absolute Gasteiger partial charge is 0.251 e. The van der Waals surface area contributed by atoms with Gasteiger partial charge in [-0.3, -0.25) is 4.79 Å². The van der Waals surface area contributed by atoms with Gasteiger partial charge < -0.3 is 16.3 Å². The van der Waals surface area contributed by atoms with Gasteiger partial charge in [-0.25, -0.2) is 0 Å². The molecule has 5 nitrogen and oxygen atoms in total. The average Bonchev–Trinajstić information content (AvgIpc) is 2.37. The number of nitrogens with zero attached hydrogens (tertiary/aromatic N) is 1. The molecule has 1 atom stereocenters. The highest BCUT2D eigenvalue weighted by Crippen LogP contribution is 2.09. The first kappa shape index (κ1) is 14.0. The average molecular weight is 249 g/mol. The third-order valence-electron chi connectivity index (χ3n) is 2.96. The molecule has 0 saturated carbocycles. The molecule has 98 valence electrons. The first-order chi connectivity index (χ1) is 8.45. The number of oxime groups is 1. The summed E-state index contributed by atoms with van der Waals surface area (Å²) in [6, 6.07) is 5.54. The minimum atomic E-state index is -0.203. The summed E-state index contributed by atoms with van der Waals surface area (Å²) < 4.78 is 0. The zero-order valence-electron chi connectivity index (χ0n) is 10.9. The molecule has 4 N–H and O–H groups in total. The van der Waals surface area contributed by atoms with Crippen molar-refractivity contribution in [3.05, 3.63) is 34.9 Å². The third kappa shape index (κ3) is 3.48. The van der Waals surface area contributed by atoms with Crippen LogP contribution in [0.5, 0.6) is 0 Å². The van der Waals surface area contributed by atoms with E-state index in [1.807, 2.05) is 26.0 Å². The summed E-state index contributed by atoms with van der Waals surface area (Å²) in [5.41, 5.74) is 8.28. The Morgan fingerprint density at radius 2 is 2.11 bits per heavy atom. The molecule has 1 aromatic rings. The van der Waals surface area contributed by atoms with Gasteiger partial charge in [-0.1, -0.05) is 18.1 Å². The Bertz CT molecular complexity index is 469. The minimum absolute atomic E-state index is 0.107. The number of hydrogen-bond acceptors (Lipinski definition) is 3. The lowest BCUT2D eigenvalue weighted by Gasteiger charge is -2.11. The molecule has 0 aliphatic carbocycles. The zero-order valence-corrected chi connectivity index (χ0v) is 10.9. The van der Waals surface area contributed by atoms with Crippen molar-refractivity contribution in [2.24, 2.45) is 16.8 Å². The number of rotatable bonds is 4. The van der Waals surface area contributed by atoms with Gasteiger partial charge in [0.15, 0.2) is 0 Å². The fraction of sp³-hybridized carbons (Fsp3) is 0.385. The van der Waals surface area contributed by atoms with Crippen LogP contribution < -0.4 is 11.1 Å². The number of nitrogens with one attached hydrogen (secondary N) is 1. The number of carbonyl (C=O) groups excluding carboxylic acids is 1. The Balaban J connectivity index is 2.63. The van der Waals surface area contributed by atoms with Crippen molar-refractivity contribution >= 4 is 11.7 Å². The lowest BCUT2D eigenvalue weighted by atomic mass is 10.1. The van der Waals surface area contributed by atoms with Crippen molar-refractivity contribution in [1.29, 1.82) is 0 Å². The molecule has 0 saturated heterocycles. The van der Waals surface area contributed by atoms with Crippen molar-refractivity contribution in [3.8, 4) is 0 Å². The topological polar surface area (TPSA) is 87.7 Å². The maximum Gasteiger partial charge on any atom is 0.251 e. The molecule has 18 heavy (non-hydrogen) atoms.